The van der Waals surface area contributed by atoms with Crippen LogP contribution in [0, 0.1) is 23.2 Å². The molecule has 1 aromatic heterocycles. The Hall–Kier alpha value is -3.73. The predicted molar refractivity (Wildman–Crippen MR) is 107 cm³/mol. The van der Waals surface area contributed by atoms with Crippen molar-refractivity contribution in [2.24, 2.45) is 5.18 Å². The molecule has 8 heteroatoms. The molecular weight excluding hydrogens is 372 g/mol. The number of pyridine rings is 1. The van der Waals surface area contributed by atoms with Crippen LogP contribution in [0.1, 0.15) is 42.0 Å². The molecule has 2 aromatic rings. The first kappa shape index (κ1) is 20.0. The van der Waals surface area contributed by atoms with Crippen LogP contribution in [-0.2, 0) is 4.79 Å². The van der Waals surface area contributed by atoms with Crippen molar-refractivity contribution in [1.82, 2.24) is 4.98 Å². The fourth-order valence-electron chi connectivity index (χ4n) is 3.57. The van der Waals surface area contributed by atoms with Gasteiger partial charge in [-0.2, -0.15) is 5.26 Å². The van der Waals surface area contributed by atoms with Crippen LogP contribution in [-0.4, -0.2) is 24.6 Å². The number of ether oxygens (including phenoxy) is 2. The molecule has 1 amide bonds. The molecule has 1 aliphatic rings. The third-order valence-electron chi connectivity index (χ3n) is 4.83. The summed E-state index contributed by atoms with van der Waals surface area (Å²) in [5.74, 6) is -0.829. The van der Waals surface area contributed by atoms with Crippen molar-refractivity contribution in [1.29, 1.82) is 5.26 Å². The molecule has 0 saturated heterocycles. The summed E-state index contributed by atoms with van der Waals surface area (Å²) in [6.45, 7) is 5.81. The Morgan fingerprint density at radius 1 is 1.38 bits per heavy atom. The van der Waals surface area contributed by atoms with E-state index in [2.05, 4.69) is 21.5 Å². The van der Waals surface area contributed by atoms with Crippen LogP contribution in [0.15, 0.2) is 40.8 Å². The van der Waals surface area contributed by atoms with Gasteiger partial charge in [-0.3, -0.25) is 4.79 Å². The number of allylic oxidation sites excluding steroid dienone is 1. The van der Waals surface area contributed by atoms with Gasteiger partial charge < -0.3 is 14.8 Å². The number of hydrogen-bond acceptors (Lipinski definition) is 7. The molecule has 0 radical (unpaired) electrons. The number of nitrogens with one attached hydrogen (secondary N) is 1. The quantitative estimate of drug-likeness (QED) is 0.770. The minimum atomic E-state index is -0.888. The molecule has 148 valence electrons. The monoisotopic (exact) mass is 392 g/mol. The maximum absolute atomic E-state index is 12.5. The highest BCUT2D eigenvalue weighted by Gasteiger charge is 2.38. The number of fused-ring (bicyclic) bond motifs is 1. The SMILES string of the molecule is CCOc1ncc(C)c2c1[C@H](c1ccc(C#N)cc1OC)C(C(=O)N=O)=C(C)N2. The first-order valence-corrected chi connectivity index (χ1v) is 9.02. The van der Waals surface area contributed by atoms with Gasteiger partial charge in [-0.1, -0.05) is 6.07 Å². The van der Waals surface area contributed by atoms with E-state index >= 15 is 0 Å². The average molecular weight is 392 g/mol. The van der Waals surface area contributed by atoms with Crippen LogP contribution < -0.4 is 14.8 Å². The molecule has 0 unspecified atom stereocenters. The number of nitrogens with zero attached hydrogens (tertiary/aromatic N) is 3. The Morgan fingerprint density at radius 2 is 2.14 bits per heavy atom. The molecule has 1 aromatic carbocycles. The lowest BCUT2D eigenvalue weighted by Crippen LogP contribution is -2.24. The minimum absolute atomic E-state index is 0.184. The van der Waals surface area contributed by atoms with Crippen molar-refractivity contribution >= 4 is 11.6 Å². The number of carbonyl (C=O) groups is 1. The van der Waals surface area contributed by atoms with Gasteiger partial charge in [0.2, 0.25) is 5.88 Å². The fraction of sp³-hybridized carbons (Fsp3) is 0.286. The smallest absolute Gasteiger partial charge is 0.315 e. The van der Waals surface area contributed by atoms with E-state index in [0.29, 0.717) is 40.6 Å². The topological polar surface area (TPSA) is 114 Å². The van der Waals surface area contributed by atoms with Crippen LogP contribution in [0.3, 0.4) is 0 Å². The fourth-order valence-corrected chi connectivity index (χ4v) is 3.57. The van der Waals surface area contributed by atoms with Gasteiger partial charge in [-0.05, 0) is 38.5 Å². The van der Waals surface area contributed by atoms with E-state index in [9.17, 15) is 15.0 Å². The molecule has 0 aliphatic carbocycles. The first-order valence-electron chi connectivity index (χ1n) is 9.02. The molecule has 3 rings (SSSR count). The molecule has 0 spiro atoms. The molecule has 8 nitrogen and oxygen atoms in total. The Bertz CT molecular complexity index is 1070. The molecule has 0 saturated carbocycles. The molecule has 1 atom stereocenters. The van der Waals surface area contributed by atoms with Gasteiger partial charge in [0.25, 0.3) is 0 Å². The molecule has 29 heavy (non-hydrogen) atoms. The second-order valence-electron chi connectivity index (χ2n) is 6.53. The predicted octanol–water partition coefficient (Wildman–Crippen LogP) is 3.79. The standard InChI is InChI=1S/C21H20N4O4/c1-5-29-21-18-17(14-7-6-13(9-22)8-15(14)28-4)16(20(26)25-27)12(3)24-19(18)11(2)10-23-21/h6-8,10,17,24H,5H2,1-4H3/t17-/m1/s1. The number of anilines is 1. The van der Waals surface area contributed by atoms with E-state index in [1.54, 1.807) is 31.3 Å². The van der Waals surface area contributed by atoms with Crippen molar-refractivity contribution in [3.8, 4) is 17.7 Å². The number of aryl methyl sites for hydroxylation is 1. The zero-order valence-corrected chi connectivity index (χ0v) is 16.6. The Morgan fingerprint density at radius 3 is 2.76 bits per heavy atom. The minimum Gasteiger partial charge on any atom is -0.496 e. The molecule has 1 N–H and O–H groups in total. The van der Waals surface area contributed by atoms with Crippen LogP contribution in [0.5, 0.6) is 11.6 Å². The summed E-state index contributed by atoms with van der Waals surface area (Å²) < 4.78 is 11.2. The largest absolute Gasteiger partial charge is 0.496 e. The van der Waals surface area contributed by atoms with Crippen molar-refractivity contribution in [3.63, 3.8) is 0 Å². The number of carbonyl (C=O) groups excluding carboxylic acids is 1. The second-order valence-corrected chi connectivity index (χ2v) is 6.53. The zero-order valence-electron chi connectivity index (χ0n) is 16.6. The number of rotatable bonds is 5. The number of aromatic nitrogens is 1. The first-order chi connectivity index (χ1) is 14.0. The second kappa shape index (κ2) is 8.10. The van der Waals surface area contributed by atoms with Crippen molar-refractivity contribution in [3.05, 3.63) is 62.8 Å². The van der Waals surface area contributed by atoms with Gasteiger partial charge >= 0.3 is 5.91 Å². The lowest BCUT2D eigenvalue weighted by molar-refractivity contribution is -0.114. The van der Waals surface area contributed by atoms with Gasteiger partial charge in [0.1, 0.15) is 5.75 Å². The number of amides is 1. The van der Waals surface area contributed by atoms with Gasteiger partial charge in [0.15, 0.2) is 0 Å². The molecule has 0 bridgehead atoms. The maximum atomic E-state index is 12.5. The Labute approximate surface area is 168 Å². The average Bonchev–Trinajstić information content (AvgIpc) is 2.74. The Kier molecular flexibility index (Phi) is 5.59. The van der Waals surface area contributed by atoms with E-state index in [-0.39, 0.29) is 5.57 Å². The van der Waals surface area contributed by atoms with Crippen LogP contribution in [0.2, 0.25) is 0 Å². The summed E-state index contributed by atoms with van der Waals surface area (Å²) in [4.78, 5) is 28.1. The summed E-state index contributed by atoms with van der Waals surface area (Å²) in [5.41, 5.74) is 3.93. The van der Waals surface area contributed by atoms with Crippen LogP contribution in [0.4, 0.5) is 5.69 Å². The van der Waals surface area contributed by atoms with Crippen LogP contribution in [0.25, 0.3) is 0 Å². The third-order valence-corrected chi connectivity index (χ3v) is 4.83. The lowest BCUT2D eigenvalue weighted by atomic mass is 9.79. The molecule has 1 aliphatic heterocycles. The van der Waals surface area contributed by atoms with Gasteiger partial charge in [0, 0.05) is 22.6 Å². The third kappa shape index (κ3) is 3.43. The van der Waals surface area contributed by atoms with E-state index in [1.165, 1.54) is 7.11 Å². The zero-order chi connectivity index (χ0) is 21.1. The van der Waals surface area contributed by atoms with Gasteiger partial charge in [0.05, 0.1) is 48.1 Å². The van der Waals surface area contributed by atoms with Crippen LogP contribution >= 0.6 is 0 Å². The molecule has 0 fully saturated rings. The summed E-state index contributed by atoms with van der Waals surface area (Å²) in [5, 5.41) is 15.1. The number of nitroso groups, excluding NO2 is 1. The maximum Gasteiger partial charge on any atom is 0.315 e. The number of benzene rings is 1. The summed E-state index contributed by atoms with van der Waals surface area (Å²) >= 11 is 0. The highest BCUT2D eigenvalue weighted by molar-refractivity contribution is 5.99. The van der Waals surface area contributed by atoms with E-state index < -0.39 is 11.8 Å². The number of nitriles is 1. The molecule has 2 heterocycles. The van der Waals surface area contributed by atoms with E-state index in [4.69, 9.17) is 9.47 Å². The molecular formula is C21H20N4O4. The van der Waals surface area contributed by atoms with Crippen molar-refractivity contribution in [2.45, 2.75) is 26.7 Å². The normalized spacial score (nSPS) is 15.1. The lowest BCUT2D eigenvalue weighted by Gasteiger charge is -2.32. The van der Waals surface area contributed by atoms with Gasteiger partial charge in [-0.15, -0.1) is 4.91 Å². The van der Waals surface area contributed by atoms with Crippen molar-refractivity contribution < 1.29 is 14.3 Å². The summed E-state index contributed by atoms with van der Waals surface area (Å²) in [7, 11) is 1.48. The number of hydrogen-bond donors (Lipinski definition) is 1. The highest BCUT2D eigenvalue weighted by Crippen LogP contribution is 2.49. The number of methoxy groups -OCH3 is 1. The van der Waals surface area contributed by atoms with Crippen molar-refractivity contribution in [2.75, 3.05) is 19.0 Å². The Balaban J connectivity index is 2.39. The van der Waals surface area contributed by atoms with E-state index in [0.717, 1.165) is 11.3 Å². The van der Waals surface area contributed by atoms with E-state index in [1.807, 2.05) is 13.8 Å². The summed E-state index contributed by atoms with van der Waals surface area (Å²) in [6, 6.07) is 7.00. The summed E-state index contributed by atoms with van der Waals surface area (Å²) in [6.07, 6.45) is 1.68. The highest BCUT2D eigenvalue weighted by atomic mass is 16.5. The van der Waals surface area contributed by atoms with Gasteiger partial charge in [-0.25, -0.2) is 4.98 Å².